The van der Waals surface area contributed by atoms with Gasteiger partial charge in [-0.05, 0) is 24.3 Å². The summed E-state index contributed by atoms with van der Waals surface area (Å²) in [5.74, 6) is 0. The highest BCUT2D eigenvalue weighted by Crippen LogP contribution is 2.20. The highest BCUT2D eigenvalue weighted by molar-refractivity contribution is 6.36. The fourth-order valence-corrected chi connectivity index (χ4v) is 1.72. The Morgan fingerprint density at radius 2 is 1.69 bits per heavy atom. The Balaban J connectivity index is 2.24. The summed E-state index contributed by atoms with van der Waals surface area (Å²) in [4.78, 5) is 4.31. The van der Waals surface area contributed by atoms with E-state index in [4.69, 9.17) is 23.2 Å². The summed E-state index contributed by atoms with van der Waals surface area (Å²) in [6.07, 6.45) is 1.73. The van der Waals surface area contributed by atoms with Crippen molar-refractivity contribution in [3.8, 4) is 0 Å². The van der Waals surface area contributed by atoms with Gasteiger partial charge in [0.15, 0.2) is 0 Å². The number of aliphatic imine (C=N–C) groups is 1. The van der Waals surface area contributed by atoms with Crippen molar-refractivity contribution < 1.29 is 0 Å². The van der Waals surface area contributed by atoms with Crippen molar-refractivity contribution in [1.29, 1.82) is 0 Å². The van der Waals surface area contributed by atoms with Gasteiger partial charge < -0.3 is 0 Å². The molecular weight excluding hydrogens is 241 g/mol. The summed E-state index contributed by atoms with van der Waals surface area (Å²) in [7, 11) is 0. The lowest BCUT2D eigenvalue weighted by Crippen LogP contribution is -1.82. The highest BCUT2D eigenvalue weighted by Gasteiger charge is 1.97. The summed E-state index contributed by atoms with van der Waals surface area (Å²) in [6.45, 7) is 0. The molecule has 0 saturated heterocycles. The van der Waals surface area contributed by atoms with Gasteiger partial charge in [-0.1, -0.05) is 47.5 Å². The van der Waals surface area contributed by atoms with Gasteiger partial charge >= 0.3 is 0 Å². The maximum absolute atomic E-state index is 6.02. The van der Waals surface area contributed by atoms with Crippen LogP contribution in [0.2, 0.25) is 10.0 Å². The smallest absolute Gasteiger partial charge is 0.0629 e. The van der Waals surface area contributed by atoms with Crippen LogP contribution in [0.3, 0.4) is 0 Å². The first-order chi connectivity index (χ1) is 7.75. The molecule has 2 rings (SSSR count). The minimum atomic E-state index is 0.604. The van der Waals surface area contributed by atoms with E-state index in [1.165, 1.54) is 0 Å². The minimum Gasteiger partial charge on any atom is -0.256 e. The molecule has 0 aliphatic rings. The molecule has 0 fully saturated rings. The summed E-state index contributed by atoms with van der Waals surface area (Å²) in [5.41, 5.74) is 1.75. The third kappa shape index (κ3) is 2.84. The molecule has 0 radical (unpaired) electrons. The Bertz CT molecular complexity index is 507. The van der Waals surface area contributed by atoms with Crippen molar-refractivity contribution in [3.63, 3.8) is 0 Å². The largest absolute Gasteiger partial charge is 0.256 e. The predicted molar refractivity (Wildman–Crippen MR) is 70.2 cm³/mol. The van der Waals surface area contributed by atoms with E-state index in [1.807, 2.05) is 36.4 Å². The Hall–Kier alpha value is -1.31. The third-order valence-corrected chi connectivity index (χ3v) is 2.63. The lowest BCUT2D eigenvalue weighted by molar-refractivity contribution is 1.53. The van der Waals surface area contributed by atoms with E-state index in [-0.39, 0.29) is 0 Å². The molecule has 0 aliphatic carbocycles. The second-order valence-electron chi connectivity index (χ2n) is 3.26. The monoisotopic (exact) mass is 249 g/mol. The van der Waals surface area contributed by atoms with E-state index in [0.717, 1.165) is 11.3 Å². The Morgan fingerprint density at radius 3 is 2.38 bits per heavy atom. The van der Waals surface area contributed by atoms with Crippen LogP contribution in [0.25, 0.3) is 0 Å². The predicted octanol–water partition coefficient (Wildman–Crippen LogP) is 4.74. The molecule has 0 amide bonds. The number of hydrogen-bond donors (Lipinski definition) is 0. The van der Waals surface area contributed by atoms with Gasteiger partial charge in [0.1, 0.15) is 0 Å². The number of nitrogens with zero attached hydrogens (tertiary/aromatic N) is 1. The maximum Gasteiger partial charge on any atom is 0.0629 e. The molecule has 0 unspecified atom stereocenters. The molecule has 1 nitrogen and oxygen atoms in total. The van der Waals surface area contributed by atoms with Crippen LogP contribution in [-0.2, 0) is 0 Å². The van der Waals surface area contributed by atoms with Gasteiger partial charge in [0.2, 0.25) is 0 Å². The molecule has 2 aromatic rings. The van der Waals surface area contributed by atoms with Gasteiger partial charge in [0.05, 0.1) is 10.7 Å². The first-order valence-corrected chi connectivity index (χ1v) is 5.55. The van der Waals surface area contributed by atoms with Crippen LogP contribution in [0.15, 0.2) is 53.5 Å². The standard InChI is InChI=1S/C13H9Cl2N/c14-11-7-6-10(13(15)8-11)9-16-12-4-2-1-3-5-12/h1-9H. The van der Waals surface area contributed by atoms with Gasteiger partial charge in [-0.25, -0.2) is 0 Å². The first kappa shape index (κ1) is 11.2. The van der Waals surface area contributed by atoms with Gasteiger partial charge in [-0.15, -0.1) is 0 Å². The summed E-state index contributed by atoms with van der Waals surface area (Å²) < 4.78 is 0. The molecule has 0 saturated carbocycles. The molecule has 0 atom stereocenters. The summed E-state index contributed by atoms with van der Waals surface area (Å²) >= 11 is 11.8. The molecule has 0 aliphatic heterocycles. The van der Waals surface area contributed by atoms with Gasteiger partial charge in [-0.3, -0.25) is 4.99 Å². The lowest BCUT2D eigenvalue weighted by atomic mass is 10.2. The fraction of sp³-hybridized carbons (Fsp3) is 0. The van der Waals surface area contributed by atoms with Crippen LogP contribution in [0.1, 0.15) is 5.56 Å². The van der Waals surface area contributed by atoms with Gasteiger partial charge in [-0.2, -0.15) is 0 Å². The molecule has 0 N–H and O–H groups in total. The van der Waals surface area contributed by atoms with Crippen LogP contribution >= 0.6 is 23.2 Å². The van der Waals surface area contributed by atoms with Crippen LogP contribution in [0, 0.1) is 0 Å². The first-order valence-electron chi connectivity index (χ1n) is 4.80. The van der Waals surface area contributed by atoms with Crippen LogP contribution in [-0.4, -0.2) is 6.21 Å². The van der Waals surface area contributed by atoms with E-state index in [9.17, 15) is 0 Å². The second kappa shape index (κ2) is 5.15. The summed E-state index contributed by atoms with van der Waals surface area (Å²) in [6, 6.07) is 15.0. The highest BCUT2D eigenvalue weighted by atomic mass is 35.5. The topological polar surface area (TPSA) is 12.4 Å². The Kier molecular flexibility index (Phi) is 3.60. The number of benzene rings is 2. The normalized spacial score (nSPS) is 10.9. The van der Waals surface area contributed by atoms with Crippen molar-refractivity contribution in [3.05, 3.63) is 64.1 Å². The molecule has 16 heavy (non-hydrogen) atoms. The molecule has 0 bridgehead atoms. The molecule has 0 heterocycles. The number of hydrogen-bond acceptors (Lipinski definition) is 1. The van der Waals surface area contributed by atoms with E-state index >= 15 is 0 Å². The zero-order valence-electron chi connectivity index (χ0n) is 8.40. The van der Waals surface area contributed by atoms with E-state index < -0.39 is 0 Å². The van der Waals surface area contributed by atoms with E-state index in [0.29, 0.717) is 10.0 Å². The van der Waals surface area contributed by atoms with Crippen LogP contribution < -0.4 is 0 Å². The number of halogens is 2. The number of rotatable bonds is 2. The Labute approximate surface area is 104 Å². The van der Waals surface area contributed by atoms with E-state index in [1.54, 1.807) is 18.3 Å². The van der Waals surface area contributed by atoms with Gasteiger partial charge in [0.25, 0.3) is 0 Å². The average Bonchev–Trinajstić information content (AvgIpc) is 2.29. The molecule has 3 heteroatoms. The molecular formula is C13H9Cl2N. The second-order valence-corrected chi connectivity index (χ2v) is 4.10. The minimum absolute atomic E-state index is 0.604. The van der Waals surface area contributed by atoms with E-state index in [2.05, 4.69) is 4.99 Å². The van der Waals surface area contributed by atoms with Gasteiger partial charge in [0, 0.05) is 16.8 Å². The van der Waals surface area contributed by atoms with Crippen molar-refractivity contribution in [2.24, 2.45) is 4.99 Å². The number of para-hydroxylation sites is 1. The SMILES string of the molecule is Clc1ccc(C=Nc2ccccc2)c(Cl)c1. The molecule has 2 aromatic carbocycles. The van der Waals surface area contributed by atoms with Crippen molar-refractivity contribution in [2.45, 2.75) is 0 Å². The Morgan fingerprint density at radius 1 is 0.938 bits per heavy atom. The quantitative estimate of drug-likeness (QED) is 0.682. The zero-order valence-corrected chi connectivity index (χ0v) is 9.91. The molecule has 80 valence electrons. The third-order valence-electron chi connectivity index (χ3n) is 2.07. The van der Waals surface area contributed by atoms with Crippen molar-refractivity contribution in [2.75, 3.05) is 0 Å². The average molecular weight is 250 g/mol. The zero-order chi connectivity index (χ0) is 11.4. The fourth-order valence-electron chi connectivity index (χ4n) is 1.26. The molecule has 0 aromatic heterocycles. The van der Waals surface area contributed by atoms with Crippen molar-refractivity contribution >= 4 is 35.1 Å². The van der Waals surface area contributed by atoms with Crippen LogP contribution in [0.4, 0.5) is 5.69 Å². The molecule has 0 spiro atoms. The lowest BCUT2D eigenvalue weighted by Gasteiger charge is -1.98. The summed E-state index contributed by atoms with van der Waals surface area (Å²) in [5, 5.41) is 1.23. The van der Waals surface area contributed by atoms with Crippen molar-refractivity contribution in [1.82, 2.24) is 0 Å². The van der Waals surface area contributed by atoms with Crippen LogP contribution in [0.5, 0.6) is 0 Å². The maximum atomic E-state index is 6.02.